The minimum Gasteiger partial charge on any atom is -0.381 e. The highest BCUT2D eigenvalue weighted by Crippen LogP contribution is 2.24. The Morgan fingerprint density at radius 3 is 2.18 bits per heavy atom. The first-order valence-corrected chi connectivity index (χ1v) is 12.4. The number of methoxy groups -OCH3 is 1. The second kappa shape index (κ2) is 10.2. The van der Waals surface area contributed by atoms with Crippen molar-refractivity contribution in [1.29, 1.82) is 0 Å². The van der Waals surface area contributed by atoms with Crippen molar-refractivity contribution in [2.45, 2.75) is 23.8 Å². The number of nitrogens with zero attached hydrogens (tertiary/aromatic N) is 1. The normalized spacial score (nSPS) is 14.6. The van der Waals surface area contributed by atoms with Gasteiger partial charge in [-0.2, -0.15) is 0 Å². The average Bonchev–Trinajstić information content (AvgIpc) is 2.85. The van der Waals surface area contributed by atoms with Crippen LogP contribution in [0.25, 0.3) is 0 Å². The van der Waals surface area contributed by atoms with Crippen molar-refractivity contribution in [3.05, 3.63) is 84.2 Å². The van der Waals surface area contributed by atoms with Crippen LogP contribution in [0.4, 0.5) is 21.5 Å². The number of anilines is 3. The predicted molar refractivity (Wildman–Crippen MR) is 130 cm³/mol. The van der Waals surface area contributed by atoms with E-state index in [4.69, 9.17) is 4.74 Å². The molecule has 4 rings (SSSR count). The lowest BCUT2D eigenvalue weighted by molar-refractivity contribution is 0.0819. The molecular formula is C25H26FN3O4S. The van der Waals surface area contributed by atoms with Gasteiger partial charge in [0, 0.05) is 42.8 Å². The fourth-order valence-electron chi connectivity index (χ4n) is 3.87. The van der Waals surface area contributed by atoms with E-state index in [-0.39, 0.29) is 11.6 Å². The number of piperidine rings is 1. The molecule has 0 aliphatic carbocycles. The number of halogens is 1. The summed E-state index contributed by atoms with van der Waals surface area (Å²) in [7, 11) is -2.33. The van der Waals surface area contributed by atoms with Crippen molar-refractivity contribution in [3.8, 4) is 0 Å². The molecule has 3 aromatic rings. The Bertz CT molecular complexity index is 1240. The monoisotopic (exact) mass is 483 g/mol. The minimum atomic E-state index is -4.08. The topological polar surface area (TPSA) is 87.7 Å². The Kier molecular flexibility index (Phi) is 7.14. The van der Waals surface area contributed by atoms with Gasteiger partial charge in [-0.15, -0.1) is 0 Å². The number of benzene rings is 3. The average molecular weight is 484 g/mol. The van der Waals surface area contributed by atoms with Crippen LogP contribution >= 0.6 is 0 Å². The summed E-state index contributed by atoms with van der Waals surface area (Å²) >= 11 is 0. The number of ether oxygens (including phenoxy) is 1. The number of carbonyl (C=O) groups is 1. The SMILES string of the molecule is COC1CCN(c2ccc(NC(=O)c3ccc(NS(=O)(=O)c4ccccc4F)cc3)cc2)CC1. The molecule has 1 fully saturated rings. The van der Waals surface area contributed by atoms with E-state index in [0.29, 0.717) is 17.4 Å². The summed E-state index contributed by atoms with van der Waals surface area (Å²) in [5.74, 6) is -1.16. The van der Waals surface area contributed by atoms with Crippen LogP contribution in [0.15, 0.2) is 77.7 Å². The van der Waals surface area contributed by atoms with Gasteiger partial charge in [0.05, 0.1) is 6.10 Å². The molecule has 0 spiro atoms. The second-order valence-corrected chi connectivity index (χ2v) is 9.69. The summed E-state index contributed by atoms with van der Waals surface area (Å²) < 4.78 is 46.4. The highest BCUT2D eigenvalue weighted by Gasteiger charge is 2.20. The number of sulfonamides is 1. The van der Waals surface area contributed by atoms with Gasteiger partial charge < -0.3 is 15.0 Å². The Balaban J connectivity index is 1.36. The fourth-order valence-corrected chi connectivity index (χ4v) is 5.01. The molecule has 0 aromatic heterocycles. The van der Waals surface area contributed by atoms with Gasteiger partial charge in [-0.3, -0.25) is 9.52 Å². The molecule has 0 saturated carbocycles. The summed E-state index contributed by atoms with van der Waals surface area (Å²) in [5.41, 5.74) is 2.34. The van der Waals surface area contributed by atoms with E-state index in [0.717, 1.165) is 37.7 Å². The lowest BCUT2D eigenvalue weighted by Gasteiger charge is -2.33. The zero-order valence-corrected chi connectivity index (χ0v) is 19.5. The lowest BCUT2D eigenvalue weighted by atomic mass is 10.1. The van der Waals surface area contributed by atoms with Crippen LogP contribution in [-0.4, -0.2) is 40.6 Å². The molecule has 0 radical (unpaired) electrons. The zero-order valence-electron chi connectivity index (χ0n) is 18.7. The molecule has 1 aliphatic heterocycles. The maximum absolute atomic E-state index is 13.8. The van der Waals surface area contributed by atoms with Crippen molar-refractivity contribution in [3.63, 3.8) is 0 Å². The van der Waals surface area contributed by atoms with E-state index >= 15 is 0 Å². The van der Waals surface area contributed by atoms with Crippen LogP contribution in [0, 0.1) is 5.82 Å². The highest BCUT2D eigenvalue weighted by molar-refractivity contribution is 7.92. The molecule has 0 bridgehead atoms. The van der Waals surface area contributed by atoms with Gasteiger partial charge in [-0.25, -0.2) is 12.8 Å². The van der Waals surface area contributed by atoms with E-state index < -0.39 is 20.7 Å². The highest BCUT2D eigenvalue weighted by atomic mass is 32.2. The summed E-state index contributed by atoms with van der Waals surface area (Å²) in [6, 6.07) is 18.7. The van der Waals surface area contributed by atoms with Crippen LogP contribution in [-0.2, 0) is 14.8 Å². The van der Waals surface area contributed by atoms with Crippen LogP contribution in [0.3, 0.4) is 0 Å². The van der Waals surface area contributed by atoms with Gasteiger partial charge in [0.1, 0.15) is 10.7 Å². The first-order chi connectivity index (χ1) is 16.4. The number of carbonyl (C=O) groups excluding carboxylic acids is 1. The lowest BCUT2D eigenvalue weighted by Crippen LogP contribution is -2.36. The standard InChI is InChI=1S/C25H26FN3O4S/c1-33-22-14-16-29(17-15-22)21-12-10-19(11-13-21)27-25(30)18-6-8-20(9-7-18)28-34(31,32)24-5-3-2-4-23(24)26/h2-13,22,28H,14-17H2,1H3,(H,27,30). The summed E-state index contributed by atoms with van der Waals surface area (Å²) in [6.45, 7) is 1.86. The second-order valence-electron chi connectivity index (χ2n) is 8.04. The van der Waals surface area contributed by atoms with Crippen LogP contribution in [0.2, 0.25) is 0 Å². The van der Waals surface area contributed by atoms with E-state index in [2.05, 4.69) is 14.9 Å². The van der Waals surface area contributed by atoms with Crippen LogP contribution in [0.1, 0.15) is 23.2 Å². The number of nitrogens with one attached hydrogen (secondary N) is 2. The van der Waals surface area contributed by atoms with E-state index in [1.165, 1.54) is 42.5 Å². The number of amides is 1. The molecule has 9 heteroatoms. The van der Waals surface area contributed by atoms with Gasteiger partial charge in [-0.1, -0.05) is 12.1 Å². The molecule has 1 heterocycles. The van der Waals surface area contributed by atoms with Crippen LogP contribution < -0.4 is 14.9 Å². The Hall–Kier alpha value is -3.43. The summed E-state index contributed by atoms with van der Waals surface area (Å²) in [6.07, 6.45) is 2.29. The number of hydrogen-bond donors (Lipinski definition) is 2. The van der Waals surface area contributed by atoms with Crippen molar-refractivity contribution < 1.29 is 22.3 Å². The quantitative estimate of drug-likeness (QED) is 0.517. The fraction of sp³-hybridized carbons (Fsp3) is 0.240. The van der Waals surface area contributed by atoms with Crippen LogP contribution in [0.5, 0.6) is 0 Å². The third-order valence-electron chi connectivity index (χ3n) is 5.79. The van der Waals surface area contributed by atoms with Gasteiger partial charge in [-0.05, 0) is 73.5 Å². The molecule has 178 valence electrons. The zero-order chi connectivity index (χ0) is 24.1. The third kappa shape index (κ3) is 5.55. The van der Waals surface area contributed by atoms with Crippen molar-refractivity contribution in [2.75, 3.05) is 35.1 Å². The maximum Gasteiger partial charge on any atom is 0.264 e. The summed E-state index contributed by atoms with van der Waals surface area (Å²) in [5, 5.41) is 2.84. The Labute approximate surface area is 198 Å². The Morgan fingerprint density at radius 1 is 0.941 bits per heavy atom. The molecule has 1 saturated heterocycles. The molecule has 0 atom stereocenters. The molecule has 2 N–H and O–H groups in total. The molecule has 1 aliphatic rings. The van der Waals surface area contributed by atoms with Gasteiger partial charge in [0.2, 0.25) is 0 Å². The predicted octanol–water partition coefficient (Wildman–Crippen LogP) is 4.49. The van der Waals surface area contributed by atoms with Gasteiger partial charge in [0.15, 0.2) is 0 Å². The molecule has 1 amide bonds. The van der Waals surface area contributed by atoms with E-state index in [1.807, 2.05) is 24.3 Å². The van der Waals surface area contributed by atoms with Gasteiger partial charge >= 0.3 is 0 Å². The molecule has 34 heavy (non-hydrogen) atoms. The number of rotatable bonds is 7. The molecule has 7 nitrogen and oxygen atoms in total. The molecular weight excluding hydrogens is 457 g/mol. The first-order valence-electron chi connectivity index (χ1n) is 10.9. The van der Waals surface area contributed by atoms with Crippen molar-refractivity contribution in [2.24, 2.45) is 0 Å². The van der Waals surface area contributed by atoms with Crippen molar-refractivity contribution in [1.82, 2.24) is 0 Å². The summed E-state index contributed by atoms with van der Waals surface area (Å²) in [4.78, 5) is 14.5. The van der Waals surface area contributed by atoms with E-state index in [9.17, 15) is 17.6 Å². The van der Waals surface area contributed by atoms with E-state index in [1.54, 1.807) is 7.11 Å². The third-order valence-corrected chi connectivity index (χ3v) is 7.21. The Morgan fingerprint density at radius 2 is 1.56 bits per heavy atom. The van der Waals surface area contributed by atoms with Crippen molar-refractivity contribution >= 4 is 33.0 Å². The molecule has 3 aromatic carbocycles. The smallest absolute Gasteiger partial charge is 0.264 e. The maximum atomic E-state index is 13.8. The first kappa shape index (κ1) is 23.7. The number of hydrogen-bond acceptors (Lipinski definition) is 5. The largest absolute Gasteiger partial charge is 0.381 e. The van der Waals surface area contributed by atoms with Gasteiger partial charge in [0.25, 0.3) is 15.9 Å². The molecule has 0 unspecified atom stereocenters. The minimum absolute atomic E-state index is 0.224.